The van der Waals surface area contributed by atoms with E-state index in [1.807, 2.05) is 29.5 Å². The van der Waals surface area contributed by atoms with E-state index < -0.39 is 0 Å². The van der Waals surface area contributed by atoms with Gasteiger partial charge in [-0.05, 0) is 50.4 Å². The van der Waals surface area contributed by atoms with Crippen molar-refractivity contribution in [1.82, 2.24) is 9.88 Å². The Morgan fingerprint density at radius 1 is 1.18 bits per heavy atom. The fourth-order valence-corrected chi connectivity index (χ4v) is 4.00. The normalized spacial score (nSPS) is 13.2. The van der Waals surface area contributed by atoms with E-state index in [4.69, 9.17) is 10.7 Å². The van der Waals surface area contributed by atoms with Crippen molar-refractivity contribution in [2.75, 3.05) is 12.8 Å². The van der Waals surface area contributed by atoms with E-state index in [1.165, 1.54) is 46.8 Å². The zero-order chi connectivity index (χ0) is 13.9. The van der Waals surface area contributed by atoms with Crippen molar-refractivity contribution in [1.29, 1.82) is 0 Å². The van der Waals surface area contributed by atoms with Gasteiger partial charge in [0.2, 0.25) is 0 Å². The highest BCUT2D eigenvalue weighted by molar-refractivity contribution is 7.11. The van der Waals surface area contributed by atoms with Crippen molar-refractivity contribution in [2.45, 2.75) is 38.8 Å². The minimum Gasteiger partial charge on any atom is -0.399 e. The summed E-state index contributed by atoms with van der Waals surface area (Å²) in [5.41, 5.74) is 9.27. The van der Waals surface area contributed by atoms with Gasteiger partial charge in [0.25, 0.3) is 0 Å². The quantitative estimate of drug-likeness (QED) is 0.836. The summed E-state index contributed by atoms with van der Waals surface area (Å²) in [5, 5.41) is 1.25. The Labute approximate surface area is 148 Å². The first kappa shape index (κ1) is 19.2. The number of anilines is 1. The summed E-state index contributed by atoms with van der Waals surface area (Å²) in [6.45, 7) is 1.84. The highest BCUT2D eigenvalue weighted by Gasteiger charge is 2.15. The number of hydrogen-bond donors (Lipinski definition) is 1. The molecule has 2 aromatic rings. The number of nitrogens with zero attached hydrogens (tertiary/aromatic N) is 2. The first-order chi connectivity index (χ1) is 9.70. The average Bonchev–Trinajstić information content (AvgIpc) is 2.80. The molecule has 6 heteroatoms. The number of fused-ring (bicyclic) bond motifs is 1. The molecule has 22 heavy (non-hydrogen) atoms. The molecule has 1 heterocycles. The lowest BCUT2D eigenvalue weighted by atomic mass is 10.0. The molecule has 0 saturated carbocycles. The topological polar surface area (TPSA) is 42.1 Å². The van der Waals surface area contributed by atoms with Crippen LogP contribution in [-0.2, 0) is 25.9 Å². The standard InChI is InChI=1S/C16H21N3S.2ClH/c1-19(10-12-5-4-6-13(17)9-12)11-16-18-14-7-2-3-8-15(14)20-16;;/h4-6,9H,2-3,7-8,10-11,17H2,1H3;2*1H. The smallest absolute Gasteiger partial charge is 0.107 e. The Morgan fingerprint density at radius 3 is 2.68 bits per heavy atom. The van der Waals surface area contributed by atoms with Crippen LogP contribution in [0, 0.1) is 0 Å². The predicted molar refractivity (Wildman–Crippen MR) is 99.3 cm³/mol. The first-order valence-corrected chi connectivity index (χ1v) is 8.03. The van der Waals surface area contributed by atoms with Gasteiger partial charge in [-0.2, -0.15) is 0 Å². The molecular weight excluding hydrogens is 337 g/mol. The molecular formula is C16H23Cl2N3S. The summed E-state index contributed by atoms with van der Waals surface area (Å²) >= 11 is 1.90. The Hall–Kier alpha value is -0.810. The van der Waals surface area contributed by atoms with E-state index in [-0.39, 0.29) is 24.8 Å². The first-order valence-electron chi connectivity index (χ1n) is 7.21. The van der Waals surface area contributed by atoms with Crippen molar-refractivity contribution in [2.24, 2.45) is 0 Å². The molecule has 0 bridgehead atoms. The number of thiazole rings is 1. The van der Waals surface area contributed by atoms with Crippen LogP contribution in [0.5, 0.6) is 0 Å². The van der Waals surface area contributed by atoms with Gasteiger partial charge in [-0.25, -0.2) is 4.98 Å². The number of halogens is 2. The number of rotatable bonds is 4. The van der Waals surface area contributed by atoms with Gasteiger partial charge in [0.05, 0.1) is 12.2 Å². The second kappa shape index (κ2) is 8.73. The maximum absolute atomic E-state index is 5.82. The maximum Gasteiger partial charge on any atom is 0.107 e. The molecule has 0 amide bonds. The molecule has 0 unspecified atom stereocenters. The lowest BCUT2D eigenvalue weighted by molar-refractivity contribution is 0.318. The zero-order valence-electron chi connectivity index (χ0n) is 12.7. The van der Waals surface area contributed by atoms with Gasteiger partial charge in [-0.15, -0.1) is 36.2 Å². The molecule has 0 spiro atoms. The van der Waals surface area contributed by atoms with Crippen molar-refractivity contribution < 1.29 is 0 Å². The largest absolute Gasteiger partial charge is 0.399 e. The Bertz CT molecular complexity index is 577. The highest BCUT2D eigenvalue weighted by atomic mass is 35.5. The molecule has 1 aliphatic carbocycles. The van der Waals surface area contributed by atoms with E-state index >= 15 is 0 Å². The van der Waals surface area contributed by atoms with Crippen LogP contribution in [0.25, 0.3) is 0 Å². The lowest BCUT2D eigenvalue weighted by Crippen LogP contribution is -2.17. The number of nitrogens with two attached hydrogens (primary N) is 1. The molecule has 3 rings (SSSR count). The van der Waals surface area contributed by atoms with Gasteiger partial charge in [-0.1, -0.05) is 12.1 Å². The minimum atomic E-state index is 0. The molecule has 1 aromatic carbocycles. The summed E-state index contributed by atoms with van der Waals surface area (Å²) in [6.07, 6.45) is 5.03. The minimum absolute atomic E-state index is 0. The summed E-state index contributed by atoms with van der Waals surface area (Å²) in [7, 11) is 2.14. The monoisotopic (exact) mass is 359 g/mol. The van der Waals surface area contributed by atoms with E-state index in [0.29, 0.717) is 0 Å². The van der Waals surface area contributed by atoms with Crippen LogP contribution in [0.4, 0.5) is 5.69 Å². The lowest BCUT2D eigenvalue weighted by Gasteiger charge is -2.15. The van der Waals surface area contributed by atoms with Crippen molar-refractivity contribution >= 4 is 41.8 Å². The maximum atomic E-state index is 5.82. The highest BCUT2D eigenvalue weighted by Crippen LogP contribution is 2.27. The predicted octanol–water partition coefficient (Wildman–Crippen LogP) is 4.08. The Morgan fingerprint density at radius 2 is 1.95 bits per heavy atom. The summed E-state index contributed by atoms with van der Waals surface area (Å²) in [5.74, 6) is 0. The number of aryl methyl sites for hydroxylation is 2. The van der Waals surface area contributed by atoms with Gasteiger partial charge >= 0.3 is 0 Å². The number of benzene rings is 1. The summed E-state index contributed by atoms with van der Waals surface area (Å²) < 4.78 is 0. The van der Waals surface area contributed by atoms with Crippen LogP contribution >= 0.6 is 36.2 Å². The van der Waals surface area contributed by atoms with Gasteiger partial charge in [0.15, 0.2) is 0 Å². The third-order valence-corrected chi connectivity index (χ3v) is 4.84. The number of hydrogen-bond acceptors (Lipinski definition) is 4. The molecule has 3 nitrogen and oxygen atoms in total. The summed E-state index contributed by atoms with van der Waals surface area (Å²) in [4.78, 5) is 8.62. The van der Waals surface area contributed by atoms with E-state index in [1.54, 1.807) is 0 Å². The molecule has 0 atom stereocenters. The molecule has 2 N–H and O–H groups in total. The second-order valence-corrected chi connectivity index (χ2v) is 6.77. The van der Waals surface area contributed by atoms with Gasteiger partial charge in [0.1, 0.15) is 5.01 Å². The summed E-state index contributed by atoms with van der Waals surface area (Å²) in [6, 6.07) is 8.11. The third kappa shape index (κ3) is 4.85. The SMILES string of the molecule is CN(Cc1cccc(N)c1)Cc1nc2c(s1)CCCC2.Cl.Cl. The van der Waals surface area contributed by atoms with Crippen molar-refractivity contribution in [3.63, 3.8) is 0 Å². The molecule has 1 aromatic heterocycles. The Kier molecular flexibility index (Phi) is 7.63. The average molecular weight is 360 g/mol. The Balaban J connectivity index is 0.00000121. The van der Waals surface area contributed by atoms with Crippen LogP contribution < -0.4 is 5.73 Å². The van der Waals surface area contributed by atoms with Gasteiger partial charge < -0.3 is 5.73 Å². The fraction of sp³-hybridized carbons (Fsp3) is 0.438. The number of aromatic nitrogens is 1. The van der Waals surface area contributed by atoms with Crippen LogP contribution in [0.2, 0.25) is 0 Å². The molecule has 0 aliphatic heterocycles. The van der Waals surface area contributed by atoms with E-state index in [9.17, 15) is 0 Å². The zero-order valence-corrected chi connectivity index (χ0v) is 15.2. The molecule has 0 radical (unpaired) electrons. The van der Waals surface area contributed by atoms with Gasteiger partial charge in [-0.3, -0.25) is 4.90 Å². The number of nitrogen functional groups attached to an aromatic ring is 1. The van der Waals surface area contributed by atoms with Crippen LogP contribution in [0.3, 0.4) is 0 Å². The molecule has 1 aliphatic rings. The molecule has 0 fully saturated rings. The van der Waals surface area contributed by atoms with Crippen LogP contribution in [-0.4, -0.2) is 16.9 Å². The second-order valence-electron chi connectivity index (χ2n) is 5.60. The fourth-order valence-electron chi connectivity index (χ4n) is 2.76. The van der Waals surface area contributed by atoms with Gasteiger partial charge in [0, 0.05) is 17.1 Å². The molecule has 122 valence electrons. The van der Waals surface area contributed by atoms with Crippen molar-refractivity contribution in [3.8, 4) is 0 Å². The van der Waals surface area contributed by atoms with Crippen LogP contribution in [0.1, 0.15) is 34.0 Å². The van der Waals surface area contributed by atoms with E-state index in [2.05, 4.69) is 18.0 Å². The van der Waals surface area contributed by atoms with Crippen molar-refractivity contribution in [3.05, 3.63) is 45.4 Å². The van der Waals surface area contributed by atoms with E-state index in [0.717, 1.165) is 18.8 Å². The van der Waals surface area contributed by atoms with Crippen LogP contribution in [0.15, 0.2) is 24.3 Å². The third-order valence-electron chi connectivity index (χ3n) is 3.70. The molecule has 0 saturated heterocycles.